The fraction of sp³-hybridized carbons (Fsp3) is 0.500. The van der Waals surface area contributed by atoms with Crippen LogP contribution in [0.15, 0.2) is 29.3 Å². The van der Waals surface area contributed by atoms with E-state index in [4.69, 9.17) is 10.5 Å². The molecule has 0 saturated carbocycles. The van der Waals surface area contributed by atoms with Gasteiger partial charge in [-0.05, 0) is 32.9 Å². The summed E-state index contributed by atoms with van der Waals surface area (Å²) in [4.78, 5) is 17.8. The van der Waals surface area contributed by atoms with Crippen LogP contribution in [-0.4, -0.2) is 59.1 Å². The number of nitrogens with one attached hydrogen (secondary N) is 1. The number of ether oxygens (including phenoxy) is 1. The van der Waals surface area contributed by atoms with Crippen molar-refractivity contribution in [2.24, 2.45) is 10.7 Å². The second-order valence-electron chi connectivity index (χ2n) is 6.69. The van der Waals surface area contributed by atoms with Crippen molar-refractivity contribution in [1.82, 2.24) is 10.3 Å². The van der Waals surface area contributed by atoms with E-state index in [-0.39, 0.29) is 25.6 Å². The van der Waals surface area contributed by atoms with Crippen molar-refractivity contribution in [1.29, 1.82) is 0 Å². The van der Waals surface area contributed by atoms with Gasteiger partial charge in [0.2, 0.25) is 5.96 Å². The van der Waals surface area contributed by atoms with Gasteiger partial charge < -0.3 is 15.4 Å². The van der Waals surface area contributed by atoms with E-state index in [0.29, 0.717) is 17.9 Å². The Morgan fingerprint density at radius 1 is 1.27 bits per heavy atom. The maximum absolute atomic E-state index is 12.2. The van der Waals surface area contributed by atoms with Crippen LogP contribution in [0.25, 0.3) is 0 Å². The Morgan fingerprint density at radius 2 is 1.92 bits per heavy atom. The lowest BCUT2D eigenvalue weighted by molar-refractivity contribution is 0.0261. The first-order valence-corrected chi connectivity index (χ1v) is 8.29. The molecule has 1 aromatic carbocycles. The van der Waals surface area contributed by atoms with Crippen molar-refractivity contribution < 1.29 is 19.9 Å². The van der Waals surface area contributed by atoms with Gasteiger partial charge >= 0.3 is 6.09 Å². The smallest absolute Gasteiger partial charge is 0.410 e. The molecule has 0 aliphatic carbocycles. The van der Waals surface area contributed by atoms with Gasteiger partial charge in [0.1, 0.15) is 17.0 Å². The minimum absolute atomic E-state index is 0.0306. The third kappa shape index (κ3) is 4.97. The highest BCUT2D eigenvalue weighted by molar-refractivity contribution is 6.00. The van der Waals surface area contributed by atoms with E-state index >= 15 is 0 Å². The standard InChI is InChI=1S/C16H26N6O4/c1-16(2,3)26-15(23)20(10-8-17)11-9-18-14-19-22(25)13-7-5-4-6-12(13)21(14)24/h4-7,24-25H,8-11,17H2,1-3H3,(H,18,19). The number of anilines is 2. The number of benzene rings is 1. The van der Waals surface area contributed by atoms with E-state index < -0.39 is 11.7 Å². The Labute approximate surface area is 152 Å². The highest BCUT2D eigenvalue weighted by Crippen LogP contribution is 2.29. The zero-order valence-corrected chi connectivity index (χ0v) is 15.2. The average molecular weight is 366 g/mol. The van der Waals surface area contributed by atoms with Crippen LogP contribution in [0.2, 0.25) is 0 Å². The molecule has 0 bridgehead atoms. The van der Waals surface area contributed by atoms with Gasteiger partial charge in [0.05, 0.1) is 6.54 Å². The SMILES string of the molecule is CC(C)(C)OC(=O)N(CCN)CCN=C1NN(O)c2ccccc2N1O. The summed E-state index contributed by atoms with van der Waals surface area (Å²) < 4.78 is 5.34. The molecule has 0 atom stereocenters. The fourth-order valence-electron chi connectivity index (χ4n) is 2.29. The maximum Gasteiger partial charge on any atom is 0.410 e. The predicted octanol–water partition coefficient (Wildman–Crippen LogP) is 1.15. The molecule has 0 aromatic heterocycles. The minimum Gasteiger partial charge on any atom is -0.444 e. The number of nitrogens with two attached hydrogens (primary N) is 1. The van der Waals surface area contributed by atoms with Gasteiger partial charge in [-0.3, -0.25) is 10.4 Å². The van der Waals surface area contributed by atoms with Gasteiger partial charge in [0.15, 0.2) is 0 Å². The van der Waals surface area contributed by atoms with Crippen LogP contribution in [0.4, 0.5) is 16.2 Å². The fourth-order valence-corrected chi connectivity index (χ4v) is 2.29. The zero-order chi connectivity index (χ0) is 19.3. The first-order valence-electron chi connectivity index (χ1n) is 8.29. The number of aliphatic imine (C=N–C) groups is 1. The molecule has 0 saturated heterocycles. The number of para-hydroxylation sites is 2. The minimum atomic E-state index is -0.607. The van der Waals surface area contributed by atoms with E-state index in [2.05, 4.69) is 10.4 Å². The first-order chi connectivity index (χ1) is 12.2. The summed E-state index contributed by atoms with van der Waals surface area (Å²) in [6.45, 7) is 6.40. The number of fused-ring (bicyclic) bond motifs is 1. The normalized spacial score (nSPS) is 15.5. The molecule has 0 unspecified atom stereocenters. The monoisotopic (exact) mass is 366 g/mol. The van der Waals surface area contributed by atoms with Crippen molar-refractivity contribution in [2.75, 3.05) is 36.4 Å². The number of hydrazine groups is 1. The molecule has 1 aliphatic rings. The Bertz CT molecular complexity index is 660. The van der Waals surface area contributed by atoms with Gasteiger partial charge in [0, 0.05) is 19.6 Å². The molecule has 0 spiro atoms. The first kappa shape index (κ1) is 19.8. The molecule has 144 valence electrons. The molecule has 0 fully saturated rings. The Hall–Kier alpha value is -2.56. The van der Waals surface area contributed by atoms with Gasteiger partial charge in [-0.25, -0.2) is 15.2 Å². The quantitative estimate of drug-likeness (QED) is 0.611. The molecule has 1 heterocycles. The molecule has 26 heavy (non-hydrogen) atoms. The number of rotatable bonds is 5. The van der Waals surface area contributed by atoms with Crippen molar-refractivity contribution in [3.05, 3.63) is 24.3 Å². The van der Waals surface area contributed by atoms with Crippen LogP contribution in [0.5, 0.6) is 0 Å². The van der Waals surface area contributed by atoms with Crippen molar-refractivity contribution in [2.45, 2.75) is 26.4 Å². The Kier molecular flexibility index (Phi) is 6.24. The molecule has 2 rings (SSSR count). The van der Waals surface area contributed by atoms with Crippen LogP contribution in [0.3, 0.4) is 0 Å². The molecule has 0 radical (unpaired) electrons. The van der Waals surface area contributed by atoms with E-state index in [1.807, 2.05) is 0 Å². The van der Waals surface area contributed by atoms with Crippen LogP contribution in [-0.2, 0) is 4.74 Å². The topological polar surface area (TPSA) is 127 Å². The summed E-state index contributed by atoms with van der Waals surface area (Å²) in [5, 5.41) is 21.8. The van der Waals surface area contributed by atoms with E-state index in [1.165, 1.54) is 4.90 Å². The molecule has 10 nitrogen and oxygen atoms in total. The molecular weight excluding hydrogens is 340 g/mol. The highest BCUT2D eigenvalue weighted by atomic mass is 16.6. The molecule has 1 aliphatic heterocycles. The number of amides is 1. The molecular formula is C16H26N6O4. The second kappa shape index (κ2) is 8.21. The van der Waals surface area contributed by atoms with E-state index in [9.17, 15) is 15.2 Å². The third-order valence-corrected chi connectivity index (χ3v) is 3.43. The summed E-state index contributed by atoms with van der Waals surface area (Å²) in [7, 11) is 0. The lowest BCUT2D eigenvalue weighted by Gasteiger charge is -2.33. The Morgan fingerprint density at radius 3 is 2.54 bits per heavy atom. The molecule has 1 amide bonds. The molecule has 5 N–H and O–H groups in total. The summed E-state index contributed by atoms with van der Waals surface area (Å²) in [6, 6.07) is 6.72. The van der Waals surface area contributed by atoms with Crippen LogP contribution >= 0.6 is 0 Å². The van der Waals surface area contributed by atoms with Gasteiger partial charge in [-0.15, -0.1) is 0 Å². The highest BCUT2D eigenvalue weighted by Gasteiger charge is 2.26. The molecule has 10 heteroatoms. The van der Waals surface area contributed by atoms with Crippen molar-refractivity contribution in [3.63, 3.8) is 0 Å². The Balaban J connectivity index is 2.03. The van der Waals surface area contributed by atoms with Crippen molar-refractivity contribution in [3.8, 4) is 0 Å². The zero-order valence-electron chi connectivity index (χ0n) is 15.2. The van der Waals surface area contributed by atoms with Crippen LogP contribution in [0, 0.1) is 0 Å². The van der Waals surface area contributed by atoms with E-state index in [0.717, 1.165) is 10.2 Å². The van der Waals surface area contributed by atoms with Crippen LogP contribution in [0.1, 0.15) is 20.8 Å². The largest absolute Gasteiger partial charge is 0.444 e. The summed E-state index contributed by atoms with van der Waals surface area (Å²) >= 11 is 0. The summed E-state index contributed by atoms with van der Waals surface area (Å²) in [6.07, 6.45) is -0.477. The maximum atomic E-state index is 12.2. The van der Waals surface area contributed by atoms with E-state index in [1.54, 1.807) is 45.0 Å². The van der Waals surface area contributed by atoms with Crippen LogP contribution < -0.4 is 21.4 Å². The lowest BCUT2D eigenvalue weighted by atomic mass is 10.2. The number of hydrogen-bond donors (Lipinski definition) is 4. The number of carbonyl (C=O) groups is 1. The number of guanidine groups is 1. The van der Waals surface area contributed by atoms with Gasteiger partial charge in [-0.2, -0.15) is 10.2 Å². The predicted molar refractivity (Wildman–Crippen MR) is 97.3 cm³/mol. The second-order valence-corrected chi connectivity index (χ2v) is 6.69. The number of hydroxylamine groups is 1. The molecule has 1 aromatic rings. The van der Waals surface area contributed by atoms with Crippen molar-refractivity contribution >= 4 is 23.4 Å². The number of carbonyl (C=O) groups excluding carboxylic acids is 1. The lowest BCUT2D eigenvalue weighted by Crippen LogP contribution is -2.52. The number of hydrogen-bond acceptors (Lipinski definition) is 7. The van der Waals surface area contributed by atoms with Gasteiger partial charge in [0.25, 0.3) is 0 Å². The average Bonchev–Trinajstić information content (AvgIpc) is 2.57. The van der Waals surface area contributed by atoms with Gasteiger partial charge in [-0.1, -0.05) is 12.1 Å². The number of nitrogens with zero attached hydrogens (tertiary/aromatic N) is 4. The summed E-state index contributed by atoms with van der Waals surface area (Å²) in [5.74, 6) is 0.0306. The third-order valence-electron chi connectivity index (χ3n) is 3.43. The summed E-state index contributed by atoms with van der Waals surface area (Å²) in [5.41, 5.74) is 8.25.